The highest BCUT2D eigenvalue weighted by Crippen LogP contribution is 2.32. The highest BCUT2D eigenvalue weighted by molar-refractivity contribution is 5.73. The van der Waals surface area contributed by atoms with E-state index in [0.29, 0.717) is 23.7 Å². The molecule has 0 atom stereocenters. The summed E-state index contributed by atoms with van der Waals surface area (Å²) < 4.78 is 19.0. The van der Waals surface area contributed by atoms with Crippen molar-refractivity contribution in [2.24, 2.45) is 5.18 Å². The molecule has 0 heterocycles. The first-order valence-corrected chi connectivity index (χ1v) is 7.41. The minimum absolute atomic E-state index is 0.228. The third kappa shape index (κ3) is 3.95. The standard InChI is InChI=1S/C19H15FN2O2/c20-15-7-4-8-16(11-15)21-19-12-17(9-10-18(19)22-23)24-13-14-5-2-1-3-6-14/h1-12,21H,13H2. The lowest BCUT2D eigenvalue weighted by molar-refractivity contribution is 0.306. The van der Waals surface area contributed by atoms with Crippen LogP contribution in [0.15, 0.2) is 78.0 Å². The number of nitroso groups, excluding NO2 is 1. The number of benzene rings is 3. The predicted molar refractivity (Wildman–Crippen MR) is 92.4 cm³/mol. The summed E-state index contributed by atoms with van der Waals surface area (Å²) in [6, 6.07) is 20.6. The Morgan fingerprint density at radius 3 is 2.54 bits per heavy atom. The second-order valence-corrected chi connectivity index (χ2v) is 5.18. The second kappa shape index (κ2) is 7.37. The molecule has 0 saturated heterocycles. The van der Waals surface area contributed by atoms with Crippen molar-refractivity contribution in [3.05, 3.63) is 89.1 Å². The van der Waals surface area contributed by atoms with E-state index in [4.69, 9.17) is 4.74 Å². The smallest absolute Gasteiger partial charge is 0.131 e. The SMILES string of the molecule is O=Nc1ccc(OCc2ccccc2)cc1Nc1cccc(F)c1. The molecule has 3 rings (SSSR count). The van der Waals surface area contributed by atoms with Crippen molar-refractivity contribution in [3.63, 3.8) is 0 Å². The van der Waals surface area contributed by atoms with Gasteiger partial charge in [0.1, 0.15) is 23.9 Å². The summed E-state index contributed by atoms with van der Waals surface area (Å²) in [5.41, 5.74) is 2.25. The number of halogens is 1. The van der Waals surface area contributed by atoms with Gasteiger partial charge in [0.15, 0.2) is 0 Å². The Labute approximate surface area is 138 Å². The molecule has 1 N–H and O–H groups in total. The Bertz CT molecular complexity index is 838. The molecule has 5 heteroatoms. The minimum Gasteiger partial charge on any atom is -0.489 e. The number of hydrogen-bond donors (Lipinski definition) is 1. The molecule has 4 nitrogen and oxygen atoms in total. The van der Waals surface area contributed by atoms with Gasteiger partial charge in [-0.05, 0) is 41.1 Å². The van der Waals surface area contributed by atoms with E-state index in [0.717, 1.165) is 5.56 Å². The van der Waals surface area contributed by atoms with E-state index in [1.165, 1.54) is 12.1 Å². The quantitative estimate of drug-likeness (QED) is 0.606. The average Bonchev–Trinajstić information content (AvgIpc) is 2.61. The molecule has 0 spiro atoms. The third-order valence-electron chi connectivity index (χ3n) is 3.42. The molecular formula is C19H15FN2O2. The normalized spacial score (nSPS) is 10.2. The molecule has 0 radical (unpaired) electrons. The molecule has 0 aliphatic carbocycles. The van der Waals surface area contributed by atoms with E-state index in [2.05, 4.69) is 10.5 Å². The van der Waals surface area contributed by atoms with Crippen molar-refractivity contribution < 1.29 is 9.13 Å². The van der Waals surface area contributed by atoms with Crippen LogP contribution < -0.4 is 10.1 Å². The van der Waals surface area contributed by atoms with Gasteiger partial charge in [-0.1, -0.05) is 36.4 Å². The first-order chi connectivity index (χ1) is 11.7. The fraction of sp³-hybridized carbons (Fsp3) is 0.0526. The van der Waals surface area contributed by atoms with Crippen LogP contribution in [-0.2, 0) is 6.61 Å². The molecule has 3 aromatic rings. The Morgan fingerprint density at radius 2 is 1.79 bits per heavy atom. The van der Waals surface area contributed by atoms with Gasteiger partial charge >= 0.3 is 0 Å². The van der Waals surface area contributed by atoms with E-state index >= 15 is 0 Å². The minimum atomic E-state index is -0.364. The van der Waals surface area contributed by atoms with Gasteiger partial charge in [-0.2, -0.15) is 0 Å². The Morgan fingerprint density at radius 1 is 0.958 bits per heavy atom. The molecule has 0 saturated carbocycles. The summed E-state index contributed by atoms with van der Waals surface area (Å²) in [7, 11) is 0. The summed E-state index contributed by atoms with van der Waals surface area (Å²) in [5.74, 6) is 0.224. The molecular weight excluding hydrogens is 307 g/mol. The molecule has 0 fully saturated rings. The van der Waals surface area contributed by atoms with E-state index < -0.39 is 0 Å². The molecule has 0 bridgehead atoms. The maximum atomic E-state index is 13.3. The van der Waals surface area contributed by atoms with Crippen LogP contribution in [0.1, 0.15) is 5.56 Å². The zero-order valence-corrected chi connectivity index (χ0v) is 12.8. The molecule has 120 valence electrons. The van der Waals surface area contributed by atoms with Crippen LogP contribution in [0.3, 0.4) is 0 Å². The van der Waals surface area contributed by atoms with Crippen molar-refractivity contribution >= 4 is 17.1 Å². The van der Waals surface area contributed by atoms with Gasteiger partial charge in [-0.25, -0.2) is 4.39 Å². The van der Waals surface area contributed by atoms with Gasteiger partial charge < -0.3 is 10.1 Å². The van der Waals surface area contributed by atoms with Crippen molar-refractivity contribution in [1.29, 1.82) is 0 Å². The third-order valence-corrected chi connectivity index (χ3v) is 3.42. The maximum absolute atomic E-state index is 13.3. The van der Waals surface area contributed by atoms with Gasteiger partial charge in [-0.15, -0.1) is 4.91 Å². The van der Waals surface area contributed by atoms with Crippen LogP contribution in [0.25, 0.3) is 0 Å². The van der Waals surface area contributed by atoms with Gasteiger partial charge in [0.05, 0.1) is 5.69 Å². The number of nitrogens with zero attached hydrogens (tertiary/aromatic N) is 1. The maximum Gasteiger partial charge on any atom is 0.131 e. The van der Waals surface area contributed by atoms with Crippen LogP contribution >= 0.6 is 0 Å². The highest BCUT2D eigenvalue weighted by atomic mass is 19.1. The Kier molecular flexibility index (Phi) is 4.81. The van der Waals surface area contributed by atoms with Crippen molar-refractivity contribution in [1.82, 2.24) is 0 Å². The van der Waals surface area contributed by atoms with E-state index in [-0.39, 0.29) is 11.5 Å². The zero-order valence-electron chi connectivity index (χ0n) is 12.8. The van der Waals surface area contributed by atoms with E-state index in [1.807, 2.05) is 30.3 Å². The van der Waals surface area contributed by atoms with E-state index in [1.54, 1.807) is 30.3 Å². The first-order valence-electron chi connectivity index (χ1n) is 7.41. The van der Waals surface area contributed by atoms with Crippen LogP contribution in [0.2, 0.25) is 0 Å². The molecule has 0 aliphatic rings. The van der Waals surface area contributed by atoms with Crippen LogP contribution in [0.4, 0.5) is 21.5 Å². The molecule has 3 aromatic carbocycles. The molecule has 0 aromatic heterocycles. The lowest BCUT2D eigenvalue weighted by atomic mass is 10.2. The molecule has 0 unspecified atom stereocenters. The van der Waals surface area contributed by atoms with Crippen molar-refractivity contribution in [2.45, 2.75) is 6.61 Å². The lowest BCUT2D eigenvalue weighted by Crippen LogP contribution is -1.97. The molecule has 0 aliphatic heterocycles. The Balaban J connectivity index is 1.78. The monoisotopic (exact) mass is 322 g/mol. The molecule has 0 amide bonds. The predicted octanol–water partition coefficient (Wildman–Crippen LogP) is 5.55. The van der Waals surface area contributed by atoms with Gasteiger partial charge in [0.2, 0.25) is 0 Å². The topological polar surface area (TPSA) is 50.7 Å². The second-order valence-electron chi connectivity index (χ2n) is 5.18. The van der Waals surface area contributed by atoms with Crippen LogP contribution in [0, 0.1) is 10.7 Å². The number of rotatable bonds is 6. The summed E-state index contributed by atoms with van der Waals surface area (Å²) in [6.45, 7) is 0.411. The van der Waals surface area contributed by atoms with Crippen LogP contribution in [-0.4, -0.2) is 0 Å². The average molecular weight is 322 g/mol. The first kappa shape index (κ1) is 15.7. The van der Waals surface area contributed by atoms with Gasteiger partial charge in [-0.3, -0.25) is 0 Å². The summed E-state index contributed by atoms with van der Waals surface area (Å²) in [6.07, 6.45) is 0. The highest BCUT2D eigenvalue weighted by Gasteiger charge is 2.07. The number of anilines is 2. The largest absolute Gasteiger partial charge is 0.489 e. The van der Waals surface area contributed by atoms with Gasteiger partial charge in [0, 0.05) is 11.8 Å². The number of ether oxygens (including phenoxy) is 1. The van der Waals surface area contributed by atoms with Crippen LogP contribution in [0.5, 0.6) is 5.75 Å². The Hall–Kier alpha value is -3.21. The summed E-state index contributed by atoms with van der Waals surface area (Å²) in [5, 5.41) is 5.98. The molecule has 24 heavy (non-hydrogen) atoms. The summed E-state index contributed by atoms with van der Waals surface area (Å²) in [4.78, 5) is 11.0. The van der Waals surface area contributed by atoms with E-state index in [9.17, 15) is 9.30 Å². The number of hydrogen-bond acceptors (Lipinski definition) is 4. The summed E-state index contributed by atoms with van der Waals surface area (Å²) >= 11 is 0. The lowest BCUT2D eigenvalue weighted by Gasteiger charge is -2.11. The number of nitrogens with one attached hydrogen (secondary N) is 1. The fourth-order valence-corrected chi connectivity index (χ4v) is 2.25. The van der Waals surface area contributed by atoms with Gasteiger partial charge in [0.25, 0.3) is 0 Å². The van der Waals surface area contributed by atoms with Crippen molar-refractivity contribution in [3.8, 4) is 5.75 Å². The van der Waals surface area contributed by atoms with Crippen molar-refractivity contribution in [2.75, 3.05) is 5.32 Å². The fourth-order valence-electron chi connectivity index (χ4n) is 2.25. The zero-order chi connectivity index (χ0) is 16.8.